The molecule has 2 aromatic carbocycles. The number of hydrogen-bond donors (Lipinski definition) is 0. The fourth-order valence-corrected chi connectivity index (χ4v) is 4.78. The van der Waals surface area contributed by atoms with Crippen LogP contribution in [0.2, 0.25) is 0 Å². The third-order valence-electron chi connectivity index (χ3n) is 6.00. The van der Waals surface area contributed by atoms with Crippen LogP contribution in [-0.2, 0) is 17.7 Å². The molecule has 0 bridgehead atoms. The molecular weight excluding hydrogens is 444 g/mol. The minimum atomic E-state index is -0.481. The number of likely N-dealkylation sites (tertiary alicyclic amines) is 1. The van der Waals surface area contributed by atoms with Crippen LogP contribution in [0.15, 0.2) is 53.0 Å². The molecule has 6 heteroatoms. The zero-order chi connectivity index (χ0) is 21.1. The Morgan fingerprint density at radius 1 is 1.10 bits per heavy atom. The molecule has 0 atom stereocenters. The van der Waals surface area contributed by atoms with Gasteiger partial charge in [0.2, 0.25) is 0 Å². The summed E-state index contributed by atoms with van der Waals surface area (Å²) in [5, 5.41) is 0. The maximum absolute atomic E-state index is 12.9. The van der Waals surface area contributed by atoms with Crippen LogP contribution in [0.1, 0.15) is 47.7 Å². The van der Waals surface area contributed by atoms with Crippen molar-refractivity contribution in [2.45, 2.75) is 44.8 Å². The van der Waals surface area contributed by atoms with Crippen LogP contribution in [0.25, 0.3) is 0 Å². The first-order valence-electron chi connectivity index (χ1n) is 10.6. The molecule has 4 rings (SSSR count). The second kappa shape index (κ2) is 8.80. The Morgan fingerprint density at radius 2 is 1.83 bits per heavy atom. The number of rotatable bonds is 5. The first-order valence-corrected chi connectivity index (χ1v) is 11.4. The van der Waals surface area contributed by atoms with E-state index in [0.29, 0.717) is 39.0 Å². The largest absolute Gasteiger partial charge is 0.441 e. The molecule has 5 nitrogen and oxygen atoms in total. The van der Waals surface area contributed by atoms with Crippen molar-refractivity contribution in [3.63, 3.8) is 0 Å². The molecule has 2 fully saturated rings. The standard InChI is InChI=1S/C24H27BrN2O3/c1-2-4-18-7-9-20(10-8-18)22(28)26-13-11-24(12-14-26)17-27(23(29)30-24)16-19-5-3-6-21(25)15-19/h3,5-10,15H,2,4,11-14,16-17H2,1H3. The number of benzene rings is 2. The number of amides is 2. The Morgan fingerprint density at radius 3 is 2.50 bits per heavy atom. The Labute approximate surface area is 186 Å². The van der Waals surface area contributed by atoms with E-state index in [2.05, 4.69) is 22.9 Å². The number of carbonyl (C=O) groups is 2. The monoisotopic (exact) mass is 470 g/mol. The van der Waals surface area contributed by atoms with Crippen molar-refractivity contribution in [3.05, 3.63) is 69.7 Å². The van der Waals surface area contributed by atoms with Gasteiger partial charge in [0, 0.05) is 42.5 Å². The molecule has 0 radical (unpaired) electrons. The molecule has 30 heavy (non-hydrogen) atoms. The normalized spacial score (nSPS) is 18.0. The maximum Gasteiger partial charge on any atom is 0.410 e. The maximum atomic E-state index is 12.9. The van der Waals surface area contributed by atoms with Gasteiger partial charge in [-0.15, -0.1) is 0 Å². The lowest BCUT2D eigenvalue weighted by molar-refractivity contribution is 0.00313. The minimum absolute atomic E-state index is 0.0585. The SMILES string of the molecule is CCCc1ccc(C(=O)N2CCC3(CC2)CN(Cc2cccc(Br)c2)C(=O)O3)cc1. The Bertz CT molecular complexity index is 920. The zero-order valence-corrected chi connectivity index (χ0v) is 18.9. The third-order valence-corrected chi connectivity index (χ3v) is 6.50. The van der Waals surface area contributed by atoms with E-state index in [9.17, 15) is 9.59 Å². The summed E-state index contributed by atoms with van der Waals surface area (Å²) in [6.45, 7) is 4.47. The lowest BCUT2D eigenvalue weighted by atomic mass is 9.91. The van der Waals surface area contributed by atoms with Crippen LogP contribution >= 0.6 is 15.9 Å². The first kappa shape index (κ1) is 20.9. The van der Waals surface area contributed by atoms with Gasteiger partial charge in [-0.3, -0.25) is 9.69 Å². The highest BCUT2D eigenvalue weighted by molar-refractivity contribution is 9.10. The molecule has 0 aliphatic carbocycles. The molecule has 1 spiro atoms. The number of halogens is 1. The van der Waals surface area contributed by atoms with E-state index in [1.54, 1.807) is 4.90 Å². The van der Waals surface area contributed by atoms with Crippen LogP contribution < -0.4 is 0 Å². The van der Waals surface area contributed by atoms with Crippen LogP contribution in [-0.4, -0.2) is 47.0 Å². The number of piperidine rings is 1. The van der Waals surface area contributed by atoms with E-state index in [4.69, 9.17) is 4.74 Å². The highest BCUT2D eigenvalue weighted by Gasteiger charge is 2.47. The molecule has 2 aliphatic rings. The predicted molar refractivity (Wildman–Crippen MR) is 119 cm³/mol. The van der Waals surface area contributed by atoms with Crippen molar-refractivity contribution in [3.8, 4) is 0 Å². The topological polar surface area (TPSA) is 49.9 Å². The van der Waals surface area contributed by atoms with Crippen molar-refractivity contribution >= 4 is 27.9 Å². The van der Waals surface area contributed by atoms with E-state index in [1.807, 2.05) is 53.4 Å². The van der Waals surface area contributed by atoms with Gasteiger partial charge >= 0.3 is 6.09 Å². The summed E-state index contributed by atoms with van der Waals surface area (Å²) < 4.78 is 6.82. The van der Waals surface area contributed by atoms with Gasteiger partial charge in [-0.2, -0.15) is 0 Å². The summed E-state index contributed by atoms with van der Waals surface area (Å²) in [6.07, 6.45) is 3.21. The van der Waals surface area contributed by atoms with Crippen LogP contribution in [0.5, 0.6) is 0 Å². The number of carbonyl (C=O) groups excluding carboxylic acids is 2. The molecule has 0 unspecified atom stereocenters. The van der Waals surface area contributed by atoms with E-state index < -0.39 is 5.60 Å². The van der Waals surface area contributed by atoms with E-state index in [-0.39, 0.29) is 12.0 Å². The molecule has 2 heterocycles. The second-order valence-electron chi connectivity index (χ2n) is 8.28. The molecule has 2 saturated heterocycles. The van der Waals surface area contributed by atoms with Crippen molar-refractivity contribution in [1.29, 1.82) is 0 Å². The van der Waals surface area contributed by atoms with Crippen molar-refractivity contribution in [1.82, 2.24) is 9.80 Å². The molecule has 0 N–H and O–H groups in total. The van der Waals surface area contributed by atoms with E-state index >= 15 is 0 Å². The summed E-state index contributed by atoms with van der Waals surface area (Å²) in [4.78, 5) is 29.0. The average molecular weight is 471 g/mol. The van der Waals surface area contributed by atoms with Crippen LogP contribution in [0.4, 0.5) is 4.79 Å². The van der Waals surface area contributed by atoms with Gasteiger partial charge in [-0.1, -0.05) is 53.5 Å². The summed E-state index contributed by atoms with van der Waals surface area (Å²) in [5.74, 6) is 0.0585. The second-order valence-corrected chi connectivity index (χ2v) is 9.19. The summed E-state index contributed by atoms with van der Waals surface area (Å²) in [7, 11) is 0. The molecule has 2 aliphatic heterocycles. The van der Waals surface area contributed by atoms with E-state index in [0.717, 1.165) is 28.4 Å². The fourth-order valence-electron chi connectivity index (χ4n) is 4.33. The van der Waals surface area contributed by atoms with Crippen molar-refractivity contribution in [2.75, 3.05) is 19.6 Å². The van der Waals surface area contributed by atoms with Crippen LogP contribution in [0.3, 0.4) is 0 Å². The van der Waals surface area contributed by atoms with Gasteiger partial charge in [-0.05, 0) is 41.8 Å². The molecule has 2 amide bonds. The molecular formula is C24H27BrN2O3. The smallest absolute Gasteiger partial charge is 0.410 e. The fraction of sp³-hybridized carbons (Fsp3) is 0.417. The van der Waals surface area contributed by atoms with E-state index in [1.165, 1.54) is 5.56 Å². The third kappa shape index (κ3) is 4.53. The van der Waals surface area contributed by atoms with Crippen molar-refractivity contribution < 1.29 is 14.3 Å². The summed E-state index contributed by atoms with van der Waals surface area (Å²) in [5.41, 5.74) is 2.57. The van der Waals surface area contributed by atoms with Gasteiger partial charge in [0.15, 0.2) is 0 Å². The Balaban J connectivity index is 1.35. The van der Waals surface area contributed by atoms with Gasteiger partial charge in [0.1, 0.15) is 5.60 Å². The van der Waals surface area contributed by atoms with Gasteiger partial charge in [0.05, 0.1) is 6.54 Å². The van der Waals surface area contributed by atoms with Gasteiger partial charge < -0.3 is 9.64 Å². The molecule has 0 saturated carbocycles. The predicted octanol–water partition coefficient (Wildman–Crippen LogP) is 5.03. The van der Waals surface area contributed by atoms with Crippen LogP contribution in [0, 0.1) is 0 Å². The number of aryl methyl sites for hydroxylation is 1. The molecule has 158 valence electrons. The number of ether oxygens (including phenoxy) is 1. The number of hydrogen-bond acceptors (Lipinski definition) is 3. The number of nitrogens with zero attached hydrogens (tertiary/aromatic N) is 2. The highest BCUT2D eigenvalue weighted by Crippen LogP contribution is 2.34. The zero-order valence-electron chi connectivity index (χ0n) is 17.3. The average Bonchev–Trinajstić information content (AvgIpc) is 3.03. The molecule has 2 aromatic rings. The summed E-state index contributed by atoms with van der Waals surface area (Å²) >= 11 is 3.48. The lowest BCUT2D eigenvalue weighted by Gasteiger charge is -2.37. The first-order chi connectivity index (χ1) is 14.5. The molecule has 0 aromatic heterocycles. The highest BCUT2D eigenvalue weighted by atomic mass is 79.9. The summed E-state index contributed by atoms with van der Waals surface area (Å²) in [6, 6.07) is 15.9. The van der Waals surface area contributed by atoms with Crippen molar-refractivity contribution in [2.24, 2.45) is 0 Å². The minimum Gasteiger partial charge on any atom is -0.441 e. The lowest BCUT2D eigenvalue weighted by Crippen LogP contribution is -2.48. The van der Waals surface area contributed by atoms with Gasteiger partial charge in [0.25, 0.3) is 5.91 Å². The Hall–Kier alpha value is -2.34. The quantitative estimate of drug-likeness (QED) is 0.615. The van der Waals surface area contributed by atoms with Gasteiger partial charge in [-0.25, -0.2) is 4.79 Å². The Kier molecular flexibility index (Phi) is 6.14.